The monoisotopic (exact) mass is 220 g/mol. The normalized spacial score (nSPS) is 15.1. The summed E-state index contributed by atoms with van der Waals surface area (Å²) in [6.45, 7) is 0. The van der Waals surface area contributed by atoms with Crippen molar-refractivity contribution in [2.24, 2.45) is 0 Å². The average Bonchev–Trinajstić information content (AvgIpc) is 2.25. The molecule has 1 aromatic rings. The zero-order valence-corrected chi connectivity index (χ0v) is 10.4. The molecule has 1 rings (SSSR count). The zero-order chi connectivity index (χ0) is 12.1. The Morgan fingerprint density at radius 2 is 1.56 bits per heavy atom. The number of nitrogens with zero attached hydrogens (tertiary/aromatic N) is 2. The van der Waals surface area contributed by atoms with E-state index in [1.54, 1.807) is 0 Å². The van der Waals surface area contributed by atoms with E-state index in [4.69, 9.17) is 0 Å². The van der Waals surface area contributed by atoms with Gasteiger partial charge in [0, 0.05) is 0 Å². The molecule has 3 nitrogen and oxygen atoms in total. The molecule has 2 unspecified atom stereocenters. The van der Waals surface area contributed by atoms with Crippen LogP contribution in [0.2, 0.25) is 0 Å². The fourth-order valence-electron chi connectivity index (χ4n) is 1.93. The minimum Gasteiger partial charge on any atom is -0.302 e. The first-order valence-corrected chi connectivity index (χ1v) is 5.41. The Kier molecular flexibility index (Phi) is 4.65. The summed E-state index contributed by atoms with van der Waals surface area (Å²) in [7, 11) is 7.85. The lowest BCUT2D eigenvalue weighted by molar-refractivity contribution is -0.113. The SMILES string of the molecule is CN(C)C(C=O)C(c1ccccc1)N(C)C. The molecule has 0 amide bonds. The van der Waals surface area contributed by atoms with Crippen LogP contribution in [0.4, 0.5) is 0 Å². The van der Waals surface area contributed by atoms with Gasteiger partial charge in [0.15, 0.2) is 0 Å². The molecular weight excluding hydrogens is 200 g/mol. The number of carbonyl (C=O) groups excluding carboxylic acids is 1. The molecule has 88 valence electrons. The second-order valence-electron chi connectivity index (χ2n) is 4.41. The van der Waals surface area contributed by atoms with Crippen LogP contribution in [0.3, 0.4) is 0 Å². The molecule has 3 heteroatoms. The fraction of sp³-hybridized carbons (Fsp3) is 0.462. The van der Waals surface area contributed by atoms with Gasteiger partial charge < -0.3 is 9.69 Å². The molecule has 0 aliphatic heterocycles. The van der Waals surface area contributed by atoms with Crippen molar-refractivity contribution < 1.29 is 4.79 Å². The van der Waals surface area contributed by atoms with Crippen LogP contribution < -0.4 is 0 Å². The van der Waals surface area contributed by atoms with Crippen molar-refractivity contribution in [2.75, 3.05) is 28.2 Å². The number of hydrogen-bond donors (Lipinski definition) is 0. The number of likely N-dealkylation sites (N-methyl/N-ethyl adjacent to an activating group) is 2. The van der Waals surface area contributed by atoms with Gasteiger partial charge >= 0.3 is 0 Å². The smallest absolute Gasteiger partial charge is 0.139 e. The summed E-state index contributed by atoms with van der Waals surface area (Å²) in [6.07, 6.45) is 1.01. The minimum absolute atomic E-state index is 0.0914. The molecular formula is C13H20N2O. The van der Waals surface area contributed by atoms with Crippen LogP contribution in [0.1, 0.15) is 11.6 Å². The van der Waals surface area contributed by atoms with Crippen molar-refractivity contribution in [1.82, 2.24) is 9.80 Å². The van der Waals surface area contributed by atoms with Gasteiger partial charge in [-0.3, -0.25) is 4.90 Å². The maximum atomic E-state index is 11.2. The highest BCUT2D eigenvalue weighted by molar-refractivity contribution is 5.59. The summed E-state index contributed by atoms with van der Waals surface area (Å²) >= 11 is 0. The lowest BCUT2D eigenvalue weighted by Crippen LogP contribution is -2.41. The number of carbonyl (C=O) groups is 1. The highest BCUT2D eigenvalue weighted by Gasteiger charge is 2.26. The second kappa shape index (κ2) is 5.77. The van der Waals surface area contributed by atoms with Gasteiger partial charge in [-0.05, 0) is 33.8 Å². The summed E-state index contributed by atoms with van der Waals surface area (Å²) in [5.74, 6) is 0. The van der Waals surface area contributed by atoms with E-state index < -0.39 is 0 Å². The first-order chi connectivity index (χ1) is 7.57. The molecule has 0 spiro atoms. The van der Waals surface area contributed by atoms with Crippen LogP contribution in [0.15, 0.2) is 30.3 Å². The van der Waals surface area contributed by atoms with E-state index in [1.807, 2.05) is 51.3 Å². The largest absolute Gasteiger partial charge is 0.302 e. The maximum absolute atomic E-state index is 11.2. The Morgan fingerprint density at radius 3 is 1.94 bits per heavy atom. The van der Waals surface area contributed by atoms with Crippen LogP contribution in [0.5, 0.6) is 0 Å². The third-order valence-corrected chi connectivity index (χ3v) is 2.76. The first-order valence-electron chi connectivity index (χ1n) is 5.41. The van der Waals surface area contributed by atoms with Gasteiger partial charge in [-0.1, -0.05) is 30.3 Å². The summed E-state index contributed by atoms with van der Waals surface area (Å²) in [4.78, 5) is 15.2. The Labute approximate surface area is 97.7 Å². The molecule has 16 heavy (non-hydrogen) atoms. The van der Waals surface area contributed by atoms with Gasteiger partial charge in [0.2, 0.25) is 0 Å². The molecule has 0 aromatic heterocycles. The van der Waals surface area contributed by atoms with Crippen molar-refractivity contribution >= 4 is 6.29 Å². The van der Waals surface area contributed by atoms with E-state index in [0.29, 0.717) is 0 Å². The molecule has 0 aliphatic carbocycles. The van der Waals surface area contributed by atoms with Gasteiger partial charge in [0.25, 0.3) is 0 Å². The quantitative estimate of drug-likeness (QED) is 0.701. The molecule has 0 saturated heterocycles. The molecule has 0 N–H and O–H groups in total. The van der Waals surface area contributed by atoms with Crippen molar-refractivity contribution in [3.05, 3.63) is 35.9 Å². The molecule has 2 atom stereocenters. The number of hydrogen-bond acceptors (Lipinski definition) is 3. The Hall–Kier alpha value is -1.19. The Morgan fingerprint density at radius 1 is 1.00 bits per heavy atom. The first kappa shape index (κ1) is 12.9. The third kappa shape index (κ3) is 2.90. The molecule has 1 aromatic carbocycles. The number of rotatable bonds is 5. The molecule has 0 radical (unpaired) electrons. The van der Waals surface area contributed by atoms with Crippen LogP contribution >= 0.6 is 0 Å². The number of aldehydes is 1. The Bertz CT molecular complexity index is 322. The molecule has 0 fully saturated rings. The highest BCUT2D eigenvalue weighted by atomic mass is 16.1. The lowest BCUT2D eigenvalue weighted by atomic mass is 9.98. The van der Waals surface area contributed by atoms with E-state index in [1.165, 1.54) is 5.56 Å². The van der Waals surface area contributed by atoms with E-state index in [9.17, 15) is 4.79 Å². The van der Waals surface area contributed by atoms with Gasteiger partial charge in [0.1, 0.15) is 6.29 Å². The topological polar surface area (TPSA) is 23.6 Å². The van der Waals surface area contributed by atoms with E-state index in [0.717, 1.165) is 6.29 Å². The van der Waals surface area contributed by atoms with Gasteiger partial charge in [-0.25, -0.2) is 0 Å². The predicted octanol–water partition coefficient (Wildman–Crippen LogP) is 1.42. The summed E-state index contributed by atoms with van der Waals surface area (Å²) in [5, 5.41) is 0. The highest BCUT2D eigenvalue weighted by Crippen LogP contribution is 2.23. The zero-order valence-electron chi connectivity index (χ0n) is 10.4. The summed E-state index contributed by atoms with van der Waals surface area (Å²) in [6, 6.07) is 10.1. The van der Waals surface area contributed by atoms with Crippen LogP contribution in [-0.2, 0) is 4.79 Å². The fourth-order valence-corrected chi connectivity index (χ4v) is 1.93. The van der Waals surface area contributed by atoms with Gasteiger partial charge in [0.05, 0.1) is 12.1 Å². The van der Waals surface area contributed by atoms with Crippen molar-refractivity contribution in [3.63, 3.8) is 0 Å². The second-order valence-corrected chi connectivity index (χ2v) is 4.41. The van der Waals surface area contributed by atoms with Crippen molar-refractivity contribution in [2.45, 2.75) is 12.1 Å². The van der Waals surface area contributed by atoms with Crippen molar-refractivity contribution in [3.8, 4) is 0 Å². The average molecular weight is 220 g/mol. The van der Waals surface area contributed by atoms with Gasteiger partial charge in [-0.15, -0.1) is 0 Å². The minimum atomic E-state index is -0.127. The van der Waals surface area contributed by atoms with Crippen LogP contribution in [-0.4, -0.2) is 50.3 Å². The standard InChI is InChI=1S/C13H20N2O/c1-14(2)12(10-16)13(15(3)4)11-8-6-5-7-9-11/h5-10,12-13H,1-4H3. The molecule has 0 heterocycles. The summed E-state index contributed by atoms with van der Waals surface area (Å²) < 4.78 is 0. The van der Waals surface area contributed by atoms with E-state index in [-0.39, 0.29) is 12.1 Å². The van der Waals surface area contributed by atoms with Crippen LogP contribution in [0.25, 0.3) is 0 Å². The maximum Gasteiger partial charge on any atom is 0.139 e. The van der Waals surface area contributed by atoms with Crippen LogP contribution in [0, 0.1) is 0 Å². The van der Waals surface area contributed by atoms with Gasteiger partial charge in [-0.2, -0.15) is 0 Å². The third-order valence-electron chi connectivity index (χ3n) is 2.76. The molecule has 0 aliphatic rings. The summed E-state index contributed by atoms with van der Waals surface area (Å²) in [5.41, 5.74) is 1.17. The van der Waals surface area contributed by atoms with E-state index in [2.05, 4.69) is 17.0 Å². The molecule has 0 saturated carbocycles. The molecule has 0 bridgehead atoms. The Balaban J connectivity index is 3.04. The van der Waals surface area contributed by atoms with E-state index >= 15 is 0 Å². The van der Waals surface area contributed by atoms with Crippen molar-refractivity contribution in [1.29, 1.82) is 0 Å². The lowest BCUT2D eigenvalue weighted by Gasteiger charge is -2.33. The number of benzene rings is 1. The predicted molar refractivity (Wildman–Crippen MR) is 66.4 cm³/mol.